The fourth-order valence-electron chi connectivity index (χ4n) is 0.996. The number of hydrogen-bond donors (Lipinski definition) is 1. The molecule has 0 atom stereocenters. The number of carbonyl (C=O) groups is 1. The standard InChI is InChI=1S/C10H13NOS/c1-13-8-11-10(12)7-9-5-3-2-4-6-9/h2-6H,7-8H2,1H3,(H,11,12). The van der Waals surface area contributed by atoms with E-state index < -0.39 is 0 Å². The Kier molecular flexibility index (Phi) is 4.40. The first-order chi connectivity index (χ1) is 6.33. The smallest absolute Gasteiger partial charge is 0.225 e. The summed E-state index contributed by atoms with van der Waals surface area (Å²) in [5.41, 5.74) is 1.06. The molecule has 1 amide bonds. The van der Waals surface area contributed by atoms with Gasteiger partial charge in [0.15, 0.2) is 0 Å². The zero-order valence-corrected chi connectivity index (χ0v) is 8.43. The van der Waals surface area contributed by atoms with Gasteiger partial charge in [0.05, 0.1) is 12.3 Å². The first kappa shape index (κ1) is 10.1. The number of thioether (sulfide) groups is 1. The Hall–Kier alpha value is -0.960. The van der Waals surface area contributed by atoms with E-state index in [-0.39, 0.29) is 5.91 Å². The van der Waals surface area contributed by atoms with Crippen molar-refractivity contribution in [3.8, 4) is 0 Å². The highest BCUT2D eigenvalue weighted by molar-refractivity contribution is 7.98. The van der Waals surface area contributed by atoms with E-state index in [0.29, 0.717) is 12.3 Å². The van der Waals surface area contributed by atoms with Crippen LogP contribution in [0.2, 0.25) is 0 Å². The second kappa shape index (κ2) is 5.65. The van der Waals surface area contributed by atoms with Crippen molar-refractivity contribution in [3.05, 3.63) is 35.9 Å². The van der Waals surface area contributed by atoms with Gasteiger partial charge in [0.2, 0.25) is 5.91 Å². The fourth-order valence-corrected chi connectivity index (χ4v) is 1.30. The summed E-state index contributed by atoms with van der Waals surface area (Å²) in [7, 11) is 0. The third-order valence-corrected chi connectivity index (χ3v) is 2.05. The second-order valence-corrected chi connectivity index (χ2v) is 3.56. The minimum absolute atomic E-state index is 0.0838. The van der Waals surface area contributed by atoms with Crippen molar-refractivity contribution in [1.29, 1.82) is 0 Å². The lowest BCUT2D eigenvalue weighted by molar-refractivity contribution is -0.120. The SMILES string of the molecule is CSCNC(=O)Cc1ccccc1. The van der Waals surface area contributed by atoms with Gasteiger partial charge in [-0.3, -0.25) is 4.79 Å². The molecule has 0 radical (unpaired) electrons. The highest BCUT2D eigenvalue weighted by atomic mass is 32.2. The van der Waals surface area contributed by atoms with Crippen LogP contribution in [0.5, 0.6) is 0 Å². The first-order valence-electron chi connectivity index (χ1n) is 4.12. The van der Waals surface area contributed by atoms with E-state index in [4.69, 9.17) is 0 Å². The molecule has 2 nitrogen and oxygen atoms in total. The van der Waals surface area contributed by atoms with Crippen molar-refractivity contribution in [1.82, 2.24) is 5.32 Å². The number of hydrogen-bond acceptors (Lipinski definition) is 2. The molecule has 0 aliphatic heterocycles. The third kappa shape index (κ3) is 3.99. The molecule has 0 aromatic heterocycles. The molecule has 1 aromatic carbocycles. The number of nitrogens with one attached hydrogen (secondary N) is 1. The Morgan fingerprint density at radius 1 is 1.38 bits per heavy atom. The zero-order chi connectivity index (χ0) is 9.52. The highest BCUT2D eigenvalue weighted by Crippen LogP contribution is 1.99. The molecule has 1 rings (SSSR count). The number of rotatable bonds is 4. The monoisotopic (exact) mass is 195 g/mol. The van der Waals surface area contributed by atoms with Gasteiger partial charge >= 0.3 is 0 Å². The second-order valence-electron chi connectivity index (χ2n) is 2.70. The summed E-state index contributed by atoms with van der Waals surface area (Å²) in [6.45, 7) is 0. The van der Waals surface area contributed by atoms with Gasteiger partial charge in [0, 0.05) is 0 Å². The average molecular weight is 195 g/mol. The van der Waals surface area contributed by atoms with Gasteiger partial charge in [0.1, 0.15) is 0 Å². The Morgan fingerprint density at radius 3 is 2.69 bits per heavy atom. The van der Waals surface area contributed by atoms with Crippen molar-refractivity contribution in [2.24, 2.45) is 0 Å². The molecule has 0 fully saturated rings. The molecule has 0 heterocycles. The van der Waals surface area contributed by atoms with E-state index in [0.717, 1.165) is 5.56 Å². The largest absolute Gasteiger partial charge is 0.347 e. The quantitative estimate of drug-likeness (QED) is 0.740. The summed E-state index contributed by atoms with van der Waals surface area (Å²) >= 11 is 1.61. The molecule has 0 unspecified atom stereocenters. The van der Waals surface area contributed by atoms with Gasteiger partial charge in [0.25, 0.3) is 0 Å². The summed E-state index contributed by atoms with van der Waals surface area (Å²) in [6, 6.07) is 9.75. The lowest BCUT2D eigenvalue weighted by Crippen LogP contribution is -2.24. The summed E-state index contributed by atoms with van der Waals surface area (Å²) in [5, 5.41) is 2.80. The van der Waals surface area contributed by atoms with Gasteiger partial charge in [-0.25, -0.2) is 0 Å². The number of amides is 1. The van der Waals surface area contributed by atoms with Crippen molar-refractivity contribution in [3.63, 3.8) is 0 Å². The molecule has 0 saturated carbocycles. The van der Waals surface area contributed by atoms with Gasteiger partial charge in [-0.15, -0.1) is 11.8 Å². The lowest BCUT2D eigenvalue weighted by atomic mass is 10.1. The van der Waals surface area contributed by atoms with Crippen LogP contribution in [-0.4, -0.2) is 18.0 Å². The molecule has 1 aromatic rings. The van der Waals surface area contributed by atoms with E-state index in [9.17, 15) is 4.79 Å². The lowest BCUT2D eigenvalue weighted by Gasteiger charge is -2.02. The predicted molar refractivity (Wildman–Crippen MR) is 56.7 cm³/mol. The normalized spacial score (nSPS) is 9.62. The Morgan fingerprint density at radius 2 is 2.08 bits per heavy atom. The van der Waals surface area contributed by atoms with Crippen molar-refractivity contribution < 1.29 is 4.79 Å². The molecule has 0 saturated heterocycles. The predicted octanol–water partition coefficient (Wildman–Crippen LogP) is 1.67. The molecule has 1 N–H and O–H groups in total. The van der Waals surface area contributed by atoms with Crippen LogP contribution in [-0.2, 0) is 11.2 Å². The molecule has 3 heteroatoms. The van der Waals surface area contributed by atoms with Crippen molar-refractivity contribution >= 4 is 17.7 Å². The van der Waals surface area contributed by atoms with E-state index in [1.165, 1.54) is 0 Å². The van der Waals surface area contributed by atoms with E-state index in [1.807, 2.05) is 36.6 Å². The molecule has 70 valence electrons. The average Bonchev–Trinajstić information content (AvgIpc) is 2.16. The third-order valence-electron chi connectivity index (χ3n) is 1.62. The number of benzene rings is 1. The minimum Gasteiger partial charge on any atom is -0.347 e. The van der Waals surface area contributed by atoms with Crippen molar-refractivity contribution in [2.45, 2.75) is 6.42 Å². The summed E-state index contributed by atoms with van der Waals surface area (Å²) < 4.78 is 0. The van der Waals surface area contributed by atoms with Gasteiger partial charge < -0.3 is 5.32 Å². The Labute approximate surface area is 82.7 Å². The van der Waals surface area contributed by atoms with Crippen LogP contribution in [0.1, 0.15) is 5.56 Å². The van der Waals surface area contributed by atoms with Crippen LogP contribution >= 0.6 is 11.8 Å². The van der Waals surface area contributed by atoms with Crippen LogP contribution in [0.15, 0.2) is 30.3 Å². The van der Waals surface area contributed by atoms with Crippen LogP contribution < -0.4 is 5.32 Å². The van der Waals surface area contributed by atoms with Gasteiger partial charge in [-0.2, -0.15) is 0 Å². The Bertz CT molecular complexity index is 261. The van der Waals surface area contributed by atoms with Crippen LogP contribution in [0.3, 0.4) is 0 Å². The highest BCUT2D eigenvalue weighted by Gasteiger charge is 2.00. The van der Waals surface area contributed by atoms with Crippen LogP contribution in [0.25, 0.3) is 0 Å². The maximum atomic E-state index is 11.2. The van der Waals surface area contributed by atoms with Gasteiger partial charge in [-0.05, 0) is 11.8 Å². The molecular formula is C10H13NOS. The maximum Gasteiger partial charge on any atom is 0.225 e. The Balaban J connectivity index is 2.37. The minimum atomic E-state index is 0.0838. The van der Waals surface area contributed by atoms with E-state index in [2.05, 4.69) is 5.32 Å². The summed E-state index contributed by atoms with van der Waals surface area (Å²) in [4.78, 5) is 11.2. The van der Waals surface area contributed by atoms with Gasteiger partial charge in [-0.1, -0.05) is 30.3 Å². The molecule has 0 aliphatic rings. The first-order valence-corrected chi connectivity index (χ1v) is 5.52. The summed E-state index contributed by atoms with van der Waals surface area (Å²) in [6.07, 6.45) is 2.43. The topological polar surface area (TPSA) is 29.1 Å². The molecule has 13 heavy (non-hydrogen) atoms. The van der Waals surface area contributed by atoms with Crippen molar-refractivity contribution in [2.75, 3.05) is 12.1 Å². The maximum absolute atomic E-state index is 11.2. The molecule has 0 spiro atoms. The number of carbonyl (C=O) groups excluding carboxylic acids is 1. The fraction of sp³-hybridized carbons (Fsp3) is 0.300. The van der Waals surface area contributed by atoms with Crippen LogP contribution in [0, 0.1) is 0 Å². The molecular weight excluding hydrogens is 182 g/mol. The molecule has 0 bridgehead atoms. The zero-order valence-electron chi connectivity index (χ0n) is 7.62. The summed E-state index contributed by atoms with van der Waals surface area (Å²) in [5.74, 6) is 0.770. The molecule has 0 aliphatic carbocycles. The van der Waals surface area contributed by atoms with Crippen LogP contribution in [0.4, 0.5) is 0 Å². The van der Waals surface area contributed by atoms with E-state index in [1.54, 1.807) is 11.8 Å². The van der Waals surface area contributed by atoms with E-state index >= 15 is 0 Å².